The van der Waals surface area contributed by atoms with Gasteiger partial charge in [-0.1, -0.05) is 0 Å². The topological polar surface area (TPSA) is 94.7 Å². The number of amides is 1. The first-order chi connectivity index (χ1) is 12.2. The molecule has 0 bridgehead atoms. The molecule has 4 N–H and O–H groups in total. The zero-order valence-electron chi connectivity index (χ0n) is 13.6. The molecule has 3 heterocycles. The van der Waals surface area contributed by atoms with Gasteiger partial charge >= 0.3 is 0 Å². The van der Waals surface area contributed by atoms with Gasteiger partial charge in [-0.3, -0.25) is 4.79 Å². The predicted molar refractivity (Wildman–Crippen MR) is 97.2 cm³/mol. The molecule has 7 heteroatoms. The molecule has 0 saturated heterocycles. The van der Waals surface area contributed by atoms with Crippen LogP contribution in [0.3, 0.4) is 0 Å². The molecule has 1 aliphatic heterocycles. The minimum atomic E-state index is 0.0736. The van der Waals surface area contributed by atoms with Gasteiger partial charge in [-0.05, 0) is 49.1 Å². The smallest absolute Gasteiger partial charge is 0.231 e. The van der Waals surface area contributed by atoms with Crippen molar-refractivity contribution in [3.8, 4) is 0 Å². The molecule has 5 rings (SSSR count). The van der Waals surface area contributed by atoms with Crippen LogP contribution in [0.2, 0.25) is 0 Å². The number of carbonyl (C=O) groups is 1. The predicted octanol–water partition coefficient (Wildman–Crippen LogP) is 3.16. The van der Waals surface area contributed by atoms with Crippen LogP contribution >= 0.6 is 0 Å². The Morgan fingerprint density at radius 3 is 2.92 bits per heavy atom. The van der Waals surface area contributed by atoms with E-state index in [0.717, 1.165) is 40.2 Å². The van der Waals surface area contributed by atoms with E-state index < -0.39 is 0 Å². The Kier molecular flexibility index (Phi) is 3.12. The molecule has 1 saturated carbocycles. The zero-order chi connectivity index (χ0) is 16.8. The molecule has 0 unspecified atom stereocenters. The number of hydrogen-bond donors (Lipinski definition) is 4. The molecule has 25 heavy (non-hydrogen) atoms. The van der Waals surface area contributed by atoms with Gasteiger partial charge in [0.05, 0.1) is 5.39 Å². The van der Waals surface area contributed by atoms with Crippen molar-refractivity contribution in [2.75, 3.05) is 16.0 Å². The van der Waals surface area contributed by atoms with Gasteiger partial charge in [0, 0.05) is 30.0 Å². The molecule has 3 aromatic rings. The molecule has 2 aromatic heterocycles. The van der Waals surface area contributed by atoms with E-state index in [1.165, 1.54) is 12.8 Å². The minimum absolute atomic E-state index is 0.0736. The molecule has 1 amide bonds. The van der Waals surface area contributed by atoms with E-state index >= 15 is 0 Å². The van der Waals surface area contributed by atoms with Crippen molar-refractivity contribution >= 4 is 40.1 Å². The van der Waals surface area contributed by atoms with Crippen LogP contribution in [-0.2, 0) is 11.2 Å². The van der Waals surface area contributed by atoms with Crippen molar-refractivity contribution in [2.24, 2.45) is 0 Å². The molecule has 7 nitrogen and oxygen atoms in total. The first-order valence-electron chi connectivity index (χ1n) is 8.56. The van der Waals surface area contributed by atoms with Gasteiger partial charge in [-0.25, -0.2) is 0 Å². The summed E-state index contributed by atoms with van der Waals surface area (Å²) in [5.74, 6) is 1.49. The number of nitrogens with one attached hydrogen (secondary N) is 4. The highest BCUT2D eigenvalue weighted by molar-refractivity contribution is 5.94. The Morgan fingerprint density at radius 2 is 2.04 bits per heavy atom. The molecule has 0 atom stereocenters. The lowest BCUT2D eigenvalue weighted by molar-refractivity contribution is -0.116. The first kappa shape index (κ1) is 14.3. The summed E-state index contributed by atoms with van der Waals surface area (Å²) in [6.45, 7) is 0. The number of fused-ring (bicyclic) bond motifs is 2. The third kappa shape index (κ3) is 2.77. The number of H-pyrrole nitrogens is 1. The Hall–Kier alpha value is -3.09. The second-order valence-electron chi connectivity index (χ2n) is 6.60. The number of nitrogens with zero attached hydrogens (tertiary/aromatic N) is 2. The summed E-state index contributed by atoms with van der Waals surface area (Å²) in [5.41, 5.74) is 3.74. The summed E-state index contributed by atoms with van der Waals surface area (Å²) in [6.07, 6.45) is 5.53. The number of aromatic nitrogens is 3. The summed E-state index contributed by atoms with van der Waals surface area (Å²) in [7, 11) is 0. The van der Waals surface area contributed by atoms with Gasteiger partial charge in [-0.15, -0.1) is 0 Å². The maximum atomic E-state index is 11.5. The SMILES string of the molecule is O=C1CCc2cc(Nc3nc(NC4CC4)c4cc[nH]c4n3)ccc2N1. The number of hydrogen-bond acceptors (Lipinski definition) is 5. The lowest BCUT2D eigenvalue weighted by Gasteiger charge is -2.18. The minimum Gasteiger partial charge on any atom is -0.367 e. The second-order valence-corrected chi connectivity index (χ2v) is 6.60. The Balaban J connectivity index is 1.46. The van der Waals surface area contributed by atoms with Gasteiger partial charge in [0.2, 0.25) is 11.9 Å². The second kappa shape index (κ2) is 5.47. The Morgan fingerprint density at radius 1 is 1.12 bits per heavy atom. The Bertz CT molecular complexity index is 975. The quantitative estimate of drug-likeness (QED) is 0.588. The summed E-state index contributed by atoms with van der Waals surface area (Å²) in [4.78, 5) is 23.8. The van der Waals surface area contributed by atoms with E-state index in [0.29, 0.717) is 18.4 Å². The third-order valence-electron chi connectivity index (χ3n) is 4.59. The summed E-state index contributed by atoms with van der Waals surface area (Å²) in [5, 5.41) is 10.7. The van der Waals surface area contributed by atoms with Crippen LogP contribution in [-0.4, -0.2) is 26.9 Å². The van der Waals surface area contributed by atoms with Crippen molar-refractivity contribution in [1.82, 2.24) is 15.0 Å². The van der Waals surface area contributed by atoms with E-state index in [9.17, 15) is 4.79 Å². The lowest BCUT2D eigenvalue weighted by Crippen LogP contribution is -2.18. The molecule has 0 radical (unpaired) electrons. The van der Waals surface area contributed by atoms with Gasteiger partial charge in [-0.2, -0.15) is 9.97 Å². The number of carbonyl (C=O) groups excluding carboxylic acids is 1. The van der Waals surface area contributed by atoms with Gasteiger partial charge < -0.3 is 20.9 Å². The fourth-order valence-electron chi connectivity index (χ4n) is 3.12. The molecule has 2 aliphatic rings. The van der Waals surface area contributed by atoms with Gasteiger partial charge in [0.25, 0.3) is 0 Å². The van der Waals surface area contributed by atoms with Crippen LogP contribution in [0.1, 0.15) is 24.8 Å². The van der Waals surface area contributed by atoms with Crippen molar-refractivity contribution < 1.29 is 4.79 Å². The maximum Gasteiger partial charge on any atom is 0.231 e. The van der Waals surface area contributed by atoms with E-state index in [1.54, 1.807) is 0 Å². The molecule has 0 spiro atoms. The Labute approximate surface area is 144 Å². The van der Waals surface area contributed by atoms with Gasteiger partial charge in [0.15, 0.2) is 0 Å². The van der Waals surface area contributed by atoms with Crippen LogP contribution in [0.15, 0.2) is 30.5 Å². The fourth-order valence-corrected chi connectivity index (χ4v) is 3.12. The molecular weight excluding hydrogens is 316 g/mol. The van der Waals surface area contributed by atoms with Crippen molar-refractivity contribution in [3.63, 3.8) is 0 Å². The van der Waals surface area contributed by atoms with Crippen molar-refractivity contribution in [2.45, 2.75) is 31.7 Å². The average molecular weight is 334 g/mol. The van der Waals surface area contributed by atoms with Crippen LogP contribution in [0, 0.1) is 0 Å². The zero-order valence-corrected chi connectivity index (χ0v) is 13.6. The first-order valence-corrected chi connectivity index (χ1v) is 8.56. The van der Waals surface area contributed by atoms with Crippen LogP contribution in [0.5, 0.6) is 0 Å². The number of benzene rings is 1. The van der Waals surface area contributed by atoms with Crippen LogP contribution in [0.4, 0.5) is 23.1 Å². The largest absolute Gasteiger partial charge is 0.367 e. The molecule has 1 aromatic carbocycles. The van der Waals surface area contributed by atoms with E-state index in [-0.39, 0.29) is 5.91 Å². The van der Waals surface area contributed by atoms with E-state index in [4.69, 9.17) is 0 Å². The monoisotopic (exact) mass is 334 g/mol. The fraction of sp³-hybridized carbons (Fsp3) is 0.278. The van der Waals surface area contributed by atoms with E-state index in [1.807, 2.05) is 30.5 Å². The maximum absolute atomic E-state index is 11.5. The summed E-state index contributed by atoms with van der Waals surface area (Å²) < 4.78 is 0. The highest BCUT2D eigenvalue weighted by Gasteiger charge is 2.23. The summed E-state index contributed by atoms with van der Waals surface area (Å²) >= 11 is 0. The van der Waals surface area contributed by atoms with E-state index in [2.05, 4.69) is 30.9 Å². The number of aryl methyl sites for hydroxylation is 1. The number of rotatable bonds is 4. The summed E-state index contributed by atoms with van der Waals surface area (Å²) in [6, 6.07) is 8.41. The van der Waals surface area contributed by atoms with Gasteiger partial charge in [0.1, 0.15) is 11.5 Å². The lowest BCUT2D eigenvalue weighted by atomic mass is 10.0. The average Bonchev–Trinajstić information content (AvgIpc) is 3.29. The highest BCUT2D eigenvalue weighted by atomic mass is 16.1. The molecular formula is C18H18N6O. The molecule has 1 fully saturated rings. The van der Waals surface area contributed by atoms with Crippen LogP contribution < -0.4 is 16.0 Å². The normalized spacial score (nSPS) is 16.4. The third-order valence-corrected chi connectivity index (χ3v) is 4.59. The number of anilines is 4. The molecule has 1 aliphatic carbocycles. The standard InChI is InChI=1S/C18H18N6O/c25-15-6-1-10-9-12(4-5-14(10)22-15)21-18-23-16-13(7-8-19-16)17(24-18)20-11-2-3-11/h4-5,7-9,11H,1-3,6H2,(H,22,25)(H3,19,20,21,23,24). The van der Waals surface area contributed by atoms with Crippen LogP contribution in [0.25, 0.3) is 11.0 Å². The highest BCUT2D eigenvalue weighted by Crippen LogP contribution is 2.30. The van der Waals surface area contributed by atoms with Crippen molar-refractivity contribution in [3.05, 3.63) is 36.0 Å². The van der Waals surface area contributed by atoms with Crippen molar-refractivity contribution in [1.29, 1.82) is 0 Å². The molecule has 126 valence electrons. The number of aromatic amines is 1.